The molecule has 0 saturated heterocycles. The van der Waals surface area contributed by atoms with Crippen molar-refractivity contribution in [2.45, 2.75) is 46.7 Å². The molecule has 0 aliphatic heterocycles. The highest BCUT2D eigenvalue weighted by atomic mass is 16.1. The average Bonchev–Trinajstić information content (AvgIpc) is 3.03. The molecule has 0 fully saturated rings. The molecule has 2 aromatic carbocycles. The second-order valence-corrected chi connectivity index (χ2v) is 7.31. The van der Waals surface area contributed by atoms with Crippen LogP contribution in [0.2, 0.25) is 0 Å². The van der Waals surface area contributed by atoms with Gasteiger partial charge in [-0.1, -0.05) is 43.7 Å². The summed E-state index contributed by atoms with van der Waals surface area (Å²) in [4.78, 5) is 12.1. The molecule has 1 amide bonds. The van der Waals surface area contributed by atoms with Gasteiger partial charge < -0.3 is 10.6 Å². The van der Waals surface area contributed by atoms with Crippen LogP contribution in [0.5, 0.6) is 0 Å². The average molecular weight is 391 g/mol. The number of hydrogen-bond donors (Lipinski definition) is 2. The van der Waals surface area contributed by atoms with Crippen molar-refractivity contribution in [2.24, 2.45) is 0 Å². The van der Waals surface area contributed by atoms with Crippen molar-refractivity contribution in [1.29, 1.82) is 0 Å². The summed E-state index contributed by atoms with van der Waals surface area (Å²) in [6, 6.07) is 18.0. The summed E-state index contributed by atoms with van der Waals surface area (Å²) in [6.07, 6.45) is 2.08. The van der Waals surface area contributed by atoms with Crippen molar-refractivity contribution in [3.05, 3.63) is 82.7 Å². The third-order valence-electron chi connectivity index (χ3n) is 5.10. The summed E-state index contributed by atoms with van der Waals surface area (Å²) >= 11 is 0. The topological polar surface area (TPSA) is 59.0 Å². The molecule has 29 heavy (non-hydrogen) atoms. The van der Waals surface area contributed by atoms with E-state index >= 15 is 0 Å². The van der Waals surface area contributed by atoms with E-state index in [0.717, 1.165) is 55.1 Å². The Morgan fingerprint density at radius 2 is 1.72 bits per heavy atom. The standard InChI is InChI=1S/C24H30N4O/c1-4-5-15-26-24(29)21-13-11-20(12-14-21)16-25-17-23-18(2)27-28(19(23)3)22-9-7-6-8-10-22/h6-14,25H,4-5,15-17H2,1-3H3,(H,26,29). The third-order valence-corrected chi connectivity index (χ3v) is 5.10. The number of nitrogens with one attached hydrogen (secondary N) is 2. The van der Waals surface area contributed by atoms with Gasteiger partial charge in [0.15, 0.2) is 0 Å². The lowest BCUT2D eigenvalue weighted by molar-refractivity contribution is 0.0953. The number of unbranched alkanes of at least 4 members (excludes halogenated alkanes) is 1. The van der Waals surface area contributed by atoms with E-state index in [0.29, 0.717) is 5.56 Å². The number of aromatic nitrogens is 2. The van der Waals surface area contributed by atoms with E-state index in [9.17, 15) is 4.79 Å². The van der Waals surface area contributed by atoms with Gasteiger partial charge in [-0.15, -0.1) is 0 Å². The highest BCUT2D eigenvalue weighted by Crippen LogP contribution is 2.17. The number of hydrogen-bond acceptors (Lipinski definition) is 3. The van der Waals surface area contributed by atoms with Crippen LogP contribution < -0.4 is 10.6 Å². The number of amides is 1. The minimum Gasteiger partial charge on any atom is -0.352 e. The Morgan fingerprint density at radius 3 is 2.41 bits per heavy atom. The summed E-state index contributed by atoms with van der Waals surface area (Å²) in [7, 11) is 0. The van der Waals surface area contributed by atoms with E-state index in [2.05, 4.69) is 43.5 Å². The zero-order chi connectivity index (χ0) is 20.6. The smallest absolute Gasteiger partial charge is 0.251 e. The number of para-hydroxylation sites is 1. The van der Waals surface area contributed by atoms with E-state index < -0.39 is 0 Å². The van der Waals surface area contributed by atoms with Crippen molar-refractivity contribution in [3.8, 4) is 5.69 Å². The first-order valence-electron chi connectivity index (χ1n) is 10.3. The molecule has 0 aliphatic rings. The van der Waals surface area contributed by atoms with E-state index in [1.54, 1.807) is 0 Å². The van der Waals surface area contributed by atoms with Crippen LogP contribution in [-0.4, -0.2) is 22.2 Å². The summed E-state index contributed by atoms with van der Waals surface area (Å²) in [6.45, 7) is 8.50. The lowest BCUT2D eigenvalue weighted by atomic mass is 10.1. The second kappa shape index (κ2) is 10.0. The Hall–Kier alpha value is -2.92. The van der Waals surface area contributed by atoms with Gasteiger partial charge in [-0.05, 0) is 50.1 Å². The van der Waals surface area contributed by atoms with Gasteiger partial charge in [-0.3, -0.25) is 4.79 Å². The van der Waals surface area contributed by atoms with Crippen LogP contribution in [0.25, 0.3) is 5.69 Å². The molecule has 5 heteroatoms. The molecule has 0 radical (unpaired) electrons. The molecule has 152 valence electrons. The van der Waals surface area contributed by atoms with Crippen molar-refractivity contribution in [2.75, 3.05) is 6.54 Å². The molecule has 1 heterocycles. The lowest BCUT2D eigenvalue weighted by Gasteiger charge is -2.08. The van der Waals surface area contributed by atoms with Crippen LogP contribution in [0.1, 0.15) is 52.6 Å². The van der Waals surface area contributed by atoms with Gasteiger partial charge in [0.05, 0.1) is 11.4 Å². The van der Waals surface area contributed by atoms with Crippen LogP contribution in [0.3, 0.4) is 0 Å². The Bertz CT molecular complexity index is 930. The maximum absolute atomic E-state index is 12.1. The maximum Gasteiger partial charge on any atom is 0.251 e. The van der Waals surface area contributed by atoms with E-state index in [-0.39, 0.29) is 5.91 Å². The second-order valence-electron chi connectivity index (χ2n) is 7.31. The predicted octanol–water partition coefficient (Wildman–Crippen LogP) is 4.31. The number of benzene rings is 2. The molecule has 3 rings (SSSR count). The maximum atomic E-state index is 12.1. The van der Waals surface area contributed by atoms with Crippen LogP contribution in [0.15, 0.2) is 54.6 Å². The summed E-state index contributed by atoms with van der Waals surface area (Å²) in [5.74, 6) is -0.00228. The summed E-state index contributed by atoms with van der Waals surface area (Å²) < 4.78 is 2.00. The largest absolute Gasteiger partial charge is 0.352 e. The molecule has 2 N–H and O–H groups in total. The summed E-state index contributed by atoms with van der Waals surface area (Å²) in [5, 5.41) is 11.1. The van der Waals surface area contributed by atoms with Gasteiger partial charge in [0.1, 0.15) is 0 Å². The number of carbonyl (C=O) groups excluding carboxylic acids is 1. The molecule has 0 saturated carbocycles. The number of rotatable bonds is 9. The number of carbonyl (C=O) groups is 1. The highest BCUT2D eigenvalue weighted by Gasteiger charge is 2.12. The first kappa shape index (κ1) is 20.8. The fourth-order valence-corrected chi connectivity index (χ4v) is 3.34. The monoisotopic (exact) mass is 390 g/mol. The van der Waals surface area contributed by atoms with E-state index in [1.807, 2.05) is 47.1 Å². The molecule has 0 aliphatic carbocycles. The fourth-order valence-electron chi connectivity index (χ4n) is 3.34. The first-order valence-corrected chi connectivity index (χ1v) is 10.3. The number of nitrogens with zero attached hydrogens (tertiary/aromatic N) is 2. The van der Waals surface area contributed by atoms with Crippen LogP contribution in [-0.2, 0) is 13.1 Å². The normalized spacial score (nSPS) is 10.9. The van der Waals surface area contributed by atoms with Gasteiger partial charge in [-0.25, -0.2) is 4.68 Å². The minimum atomic E-state index is -0.00228. The van der Waals surface area contributed by atoms with Crippen LogP contribution >= 0.6 is 0 Å². The van der Waals surface area contributed by atoms with Crippen molar-refractivity contribution in [3.63, 3.8) is 0 Å². The molecule has 0 unspecified atom stereocenters. The Kier molecular flexibility index (Phi) is 7.19. The molecular formula is C24H30N4O. The van der Waals surface area contributed by atoms with E-state index in [4.69, 9.17) is 5.10 Å². The third kappa shape index (κ3) is 5.33. The molecule has 1 aromatic heterocycles. The van der Waals surface area contributed by atoms with Gasteiger partial charge in [0, 0.05) is 36.5 Å². The van der Waals surface area contributed by atoms with E-state index in [1.165, 1.54) is 5.56 Å². The lowest BCUT2D eigenvalue weighted by Crippen LogP contribution is -2.24. The predicted molar refractivity (Wildman–Crippen MR) is 117 cm³/mol. The SMILES string of the molecule is CCCCNC(=O)c1ccc(CNCc2c(C)nn(-c3ccccc3)c2C)cc1. The van der Waals surface area contributed by atoms with Gasteiger partial charge in [-0.2, -0.15) is 5.10 Å². The number of aryl methyl sites for hydroxylation is 1. The van der Waals surface area contributed by atoms with Crippen molar-refractivity contribution in [1.82, 2.24) is 20.4 Å². The summed E-state index contributed by atoms with van der Waals surface area (Å²) in [5.41, 5.74) is 6.35. The minimum absolute atomic E-state index is 0.00228. The van der Waals surface area contributed by atoms with Gasteiger partial charge in [0.25, 0.3) is 5.91 Å². The van der Waals surface area contributed by atoms with Crippen molar-refractivity contribution >= 4 is 5.91 Å². The quantitative estimate of drug-likeness (QED) is 0.535. The molecule has 0 spiro atoms. The molecule has 3 aromatic rings. The Labute approximate surface area is 173 Å². The molecule has 5 nitrogen and oxygen atoms in total. The van der Waals surface area contributed by atoms with Crippen LogP contribution in [0.4, 0.5) is 0 Å². The zero-order valence-corrected chi connectivity index (χ0v) is 17.5. The zero-order valence-electron chi connectivity index (χ0n) is 17.5. The van der Waals surface area contributed by atoms with Gasteiger partial charge in [0.2, 0.25) is 0 Å². The van der Waals surface area contributed by atoms with Crippen molar-refractivity contribution < 1.29 is 4.79 Å². The first-order chi connectivity index (χ1) is 14.1. The molecular weight excluding hydrogens is 360 g/mol. The molecule has 0 bridgehead atoms. The Balaban J connectivity index is 1.56. The fraction of sp³-hybridized carbons (Fsp3) is 0.333. The van der Waals surface area contributed by atoms with Gasteiger partial charge >= 0.3 is 0 Å². The van der Waals surface area contributed by atoms with Crippen LogP contribution in [0, 0.1) is 13.8 Å². The Morgan fingerprint density at radius 1 is 1.00 bits per heavy atom. The highest BCUT2D eigenvalue weighted by molar-refractivity contribution is 5.94. The molecule has 0 atom stereocenters.